The van der Waals surface area contributed by atoms with Gasteiger partial charge in [0, 0.05) is 25.2 Å². The lowest BCUT2D eigenvalue weighted by molar-refractivity contribution is -0.139. The number of aryl methyl sites for hydroxylation is 2. The summed E-state index contributed by atoms with van der Waals surface area (Å²) in [6.45, 7) is 3.66. The summed E-state index contributed by atoms with van der Waals surface area (Å²) in [4.78, 5) is 41.3. The number of ether oxygens (including phenoxy) is 1. The summed E-state index contributed by atoms with van der Waals surface area (Å²) in [5, 5.41) is -0.118. The van der Waals surface area contributed by atoms with Gasteiger partial charge in [-0.25, -0.2) is 9.78 Å². The molecule has 0 amide bonds. The predicted molar refractivity (Wildman–Crippen MR) is 88.9 cm³/mol. The second kappa shape index (κ2) is 6.57. The Morgan fingerprint density at radius 1 is 1.35 bits per heavy atom. The first-order valence-electron chi connectivity index (χ1n) is 7.15. The molecule has 0 fully saturated rings. The molecule has 0 bridgehead atoms. The van der Waals surface area contributed by atoms with Gasteiger partial charge >= 0.3 is 11.7 Å². The third-order valence-corrected chi connectivity index (χ3v) is 4.95. The van der Waals surface area contributed by atoms with Crippen molar-refractivity contribution in [3.8, 4) is 0 Å². The molecule has 0 aliphatic rings. The van der Waals surface area contributed by atoms with Crippen LogP contribution in [0.15, 0.2) is 20.7 Å². The first-order valence-corrected chi connectivity index (χ1v) is 8.03. The van der Waals surface area contributed by atoms with Crippen molar-refractivity contribution in [3.05, 3.63) is 32.6 Å². The smallest absolute Gasteiger partial charge is 0.332 e. The molecule has 2 aromatic heterocycles. The van der Waals surface area contributed by atoms with Crippen LogP contribution in [0.25, 0.3) is 11.0 Å². The fourth-order valence-electron chi connectivity index (χ4n) is 2.32. The Balaban J connectivity index is 2.83. The minimum absolute atomic E-state index is 0.315. The van der Waals surface area contributed by atoms with E-state index in [9.17, 15) is 14.4 Å². The zero-order chi connectivity index (χ0) is 17.3. The number of esters is 1. The number of nitrogens with zero attached hydrogens (tertiary/aromatic N) is 3. The summed E-state index contributed by atoms with van der Waals surface area (Å²) in [6.07, 6.45) is 2.30. The van der Waals surface area contributed by atoms with E-state index in [1.54, 1.807) is 20.2 Å². The number of thioether (sulfide) groups is 1. The quantitative estimate of drug-likeness (QED) is 0.607. The van der Waals surface area contributed by atoms with Gasteiger partial charge in [-0.05, 0) is 18.9 Å². The Morgan fingerprint density at radius 3 is 2.57 bits per heavy atom. The molecule has 2 rings (SSSR count). The lowest BCUT2D eigenvalue weighted by Gasteiger charge is -2.15. The van der Waals surface area contributed by atoms with Crippen LogP contribution in [-0.2, 0) is 30.0 Å². The van der Waals surface area contributed by atoms with E-state index in [0.717, 1.165) is 10.1 Å². The molecule has 23 heavy (non-hydrogen) atoms. The predicted octanol–water partition coefficient (Wildman–Crippen LogP) is 0.848. The zero-order valence-corrected chi connectivity index (χ0v) is 14.6. The molecule has 0 radical (unpaired) electrons. The van der Waals surface area contributed by atoms with E-state index >= 15 is 0 Å². The number of carbonyl (C=O) groups is 1. The molecular weight excluding hydrogens is 318 g/mol. The Hall–Kier alpha value is -2.09. The maximum atomic E-state index is 12.6. The Kier molecular flexibility index (Phi) is 4.93. The minimum Gasteiger partial charge on any atom is -0.468 e. The summed E-state index contributed by atoms with van der Waals surface area (Å²) >= 11 is 1.25. The SMILES string of the molecule is CCc1cnc2c(c1SC(C)C(=O)OC)c(=O)n(C)c(=O)n2C. The van der Waals surface area contributed by atoms with Gasteiger partial charge in [0.1, 0.15) is 10.9 Å². The topological polar surface area (TPSA) is 83.2 Å². The van der Waals surface area contributed by atoms with E-state index in [-0.39, 0.29) is 5.97 Å². The maximum Gasteiger partial charge on any atom is 0.332 e. The zero-order valence-electron chi connectivity index (χ0n) is 13.7. The molecule has 0 aliphatic heterocycles. The average molecular weight is 337 g/mol. The Morgan fingerprint density at radius 2 is 2.00 bits per heavy atom. The summed E-state index contributed by atoms with van der Waals surface area (Å²) in [5.41, 5.74) is 0.325. The van der Waals surface area contributed by atoms with E-state index in [2.05, 4.69) is 4.98 Å². The molecule has 0 aliphatic carbocycles. The summed E-state index contributed by atoms with van der Waals surface area (Å²) in [6, 6.07) is 0. The van der Waals surface area contributed by atoms with Crippen molar-refractivity contribution in [2.75, 3.05) is 7.11 Å². The maximum absolute atomic E-state index is 12.6. The lowest BCUT2D eigenvalue weighted by atomic mass is 10.2. The van der Waals surface area contributed by atoms with Crippen molar-refractivity contribution >= 4 is 28.8 Å². The standard InChI is InChI=1S/C15H19N3O4S/c1-6-9-7-16-12-10(11(9)23-8(2)14(20)22-5)13(19)18(4)15(21)17(12)3/h7-8H,6H2,1-5H3. The monoisotopic (exact) mass is 337 g/mol. The molecule has 7 nitrogen and oxygen atoms in total. The van der Waals surface area contributed by atoms with E-state index in [4.69, 9.17) is 4.74 Å². The van der Waals surface area contributed by atoms with Crippen LogP contribution >= 0.6 is 11.8 Å². The minimum atomic E-state index is -0.474. The third-order valence-electron chi connectivity index (χ3n) is 3.70. The van der Waals surface area contributed by atoms with Gasteiger partial charge in [-0.3, -0.25) is 18.7 Å². The molecule has 8 heteroatoms. The summed E-state index contributed by atoms with van der Waals surface area (Å²) in [5.74, 6) is -0.372. The van der Waals surface area contributed by atoms with Crippen LogP contribution < -0.4 is 11.2 Å². The normalized spacial score (nSPS) is 12.4. The van der Waals surface area contributed by atoms with Gasteiger partial charge in [-0.2, -0.15) is 0 Å². The number of aromatic nitrogens is 3. The van der Waals surface area contributed by atoms with E-state index in [1.165, 1.54) is 30.5 Å². The molecule has 124 valence electrons. The van der Waals surface area contributed by atoms with E-state index in [1.807, 2.05) is 6.92 Å². The molecule has 0 saturated carbocycles. The van der Waals surface area contributed by atoms with Crippen LogP contribution in [0.4, 0.5) is 0 Å². The van der Waals surface area contributed by atoms with Crippen LogP contribution in [0.1, 0.15) is 19.4 Å². The van der Waals surface area contributed by atoms with Crippen LogP contribution in [0, 0.1) is 0 Å². The molecular formula is C15H19N3O4S. The van der Waals surface area contributed by atoms with Crippen LogP contribution in [0.3, 0.4) is 0 Å². The van der Waals surface area contributed by atoms with Crippen LogP contribution in [0.2, 0.25) is 0 Å². The number of carbonyl (C=O) groups excluding carboxylic acids is 1. The number of methoxy groups -OCH3 is 1. The number of hydrogen-bond acceptors (Lipinski definition) is 6. The molecule has 1 unspecified atom stereocenters. The molecule has 2 heterocycles. The number of pyridine rings is 1. The van der Waals surface area contributed by atoms with Crippen LogP contribution in [-0.4, -0.2) is 32.4 Å². The summed E-state index contributed by atoms with van der Waals surface area (Å²) < 4.78 is 7.14. The molecule has 0 saturated heterocycles. The Labute approximate surface area is 137 Å². The van der Waals surface area contributed by atoms with Crippen molar-refractivity contribution in [1.29, 1.82) is 0 Å². The average Bonchev–Trinajstić information content (AvgIpc) is 2.56. The fourth-order valence-corrected chi connectivity index (χ4v) is 3.51. The van der Waals surface area contributed by atoms with E-state index in [0.29, 0.717) is 22.3 Å². The van der Waals surface area contributed by atoms with Gasteiger partial charge in [0.2, 0.25) is 0 Å². The molecule has 2 aromatic rings. The first-order chi connectivity index (χ1) is 10.8. The van der Waals surface area contributed by atoms with Gasteiger partial charge in [-0.1, -0.05) is 6.92 Å². The highest BCUT2D eigenvalue weighted by Gasteiger charge is 2.22. The van der Waals surface area contributed by atoms with Crippen molar-refractivity contribution in [2.24, 2.45) is 14.1 Å². The second-order valence-electron chi connectivity index (χ2n) is 5.15. The highest BCUT2D eigenvalue weighted by Crippen LogP contribution is 2.31. The van der Waals surface area contributed by atoms with Gasteiger partial charge in [0.25, 0.3) is 5.56 Å². The number of fused-ring (bicyclic) bond motifs is 1. The number of hydrogen-bond donors (Lipinski definition) is 0. The lowest BCUT2D eigenvalue weighted by Crippen LogP contribution is -2.37. The highest BCUT2D eigenvalue weighted by molar-refractivity contribution is 8.00. The molecule has 0 spiro atoms. The van der Waals surface area contributed by atoms with Gasteiger partial charge < -0.3 is 4.74 Å². The molecule has 0 aromatic carbocycles. The number of rotatable bonds is 4. The van der Waals surface area contributed by atoms with Crippen LogP contribution in [0.5, 0.6) is 0 Å². The van der Waals surface area contributed by atoms with Crippen molar-refractivity contribution in [3.63, 3.8) is 0 Å². The van der Waals surface area contributed by atoms with Crippen molar-refractivity contribution in [1.82, 2.24) is 14.1 Å². The summed E-state index contributed by atoms with van der Waals surface area (Å²) in [7, 11) is 4.33. The highest BCUT2D eigenvalue weighted by atomic mass is 32.2. The Bertz CT molecular complexity index is 885. The van der Waals surface area contributed by atoms with Crippen molar-refractivity contribution < 1.29 is 9.53 Å². The van der Waals surface area contributed by atoms with Gasteiger partial charge in [-0.15, -0.1) is 11.8 Å². The second-order valence-corrected chi connectivity index (χ2v) is 6.50. The van der Waals surface area contributed by atoms with Crippen molar-refractivity contribution in [2.45, 2.75) is 30.4 Å². The largest absolute Gasteiger partial charge is 0.468 e. The first kappa shape index (κ1) is 17.3. The van der Waals surface area contributed by atoms with Gasteiger partial charge in [0.15, 0.2) is 0 Å². The molecule has 0 N–H and O–H groups in total. The fraction of sp³-hybridized carbons (Fsp3) is 0.467. The molecule has 1 atom stereocenters. The van der Waals surface area contributed by atoms with Gasteiger partial charge in [0.05, 0.1) is 12.5 Å². The third kappa shape index (κ3) is 2.90. The van der Waals surface area contributed by atoms with E-state index < -0.39 is 16.5 Å².